The minimum Gasteiger partial charge on any atom is -0.452 e. The van der Waals surface area contributed by atoms with E-state index in [9.17, 15) is 19.7 Å². The maximum Gasteiger partial charge on any atom is 0.338 e. The van der Waals surface area contributed by atoms with Crippen molar-refractivity contribution < 1.29 is 19.2 Å². The van der Waals surface area contributed by atoms with E-state index < -0.39 is 23.4 Å². The lowest BCUT2D eigenvalue weighted by Crippen LogP contribution is -2.32. The molecular weight excluding hydrogens is 380 g/mol. The smallest absolute Gasteiger partial charge is 0.338 e. The fourth-order valence-electron chi connectivity index (χ4n) is 2.69. The number of nitro groups is 1. The molecule has 2 aromatic carbocycles. The Kier molecular flexibility index (Phi) is 8.01. The highest BCUT2D eigenvalue weighted by molar-refractivity contribution is 7.98. The van der Waals surface area contributed by atoms with Crippen LogP contribution < -0.4 is 5.32 Å². The lowest BCUT2D eigenvalue weighted by atomic mass is 9.96. The van der Waals surface area contributed by atoms with Gasteiger partial charge in [0.25, 0.3) is 11.6 Å². The number of hydrogen-bond donors (Lipinski definition) is 1. The van der Waals surface area contributed by atoms with E-state index in [0.717, 1.165) is 18.1 Å². The molecule has 0 saturated heterocycles. The summed E-state index contributed by atoms with van der Waals surface area (Å²) >= 11 is 1.21. The molecule has 28 heavy (non-hydrogen) atoms. The first kappa shape index (κ1) is 21.4. The van der Waals surface area contributed by atoms with Crippen LogP contribution in [0.2, 0.25) is 0 Å². The molecule has 1 amide bonds. The van der Waals surface area contributed by atoms with Crippen LogP contribution in [0.4, 0.5) is 5.69 Å². The third-order valence-corrected chi connectivity index (χ3v) is 5.04. The molecule has 0 heterocycles. The van der Waals surface area contributed by atoms with E-state index in [-0.39, 0.29) is 17.2 Å². The number of ether oxygens (including phenoxy) is 1. The van der Waals surface area contributed by atoms with E-state index >= 15 is 0 Å². The number of nitro benzene ring substituents is 1. The second-order valence-electron chi connectivity index (χ2n) is 6.04. The molecule has 0 radical (unpaired) electrons. The van der Waals surface area contributed by atoms with Gasteiger partial charge in [0.2, 0.25) is 0 Å². The average molecular weight is 402 g/mol. The molecule has 2 aromatic rings. The van der Waals surface area contributed by atoms with Crippen molar-refractivity contribution in [2.24, 2.45) is 0 Å². The van der Waals surface area contributed by atoms with Gasteiger partial charge in [-0.15, -0.1) is 11.8 Å². The lowest BCUT2D eigenvalue weighted by Gasteiger charge is -2.16. The molecule has 0 aliphatic rings. The van der Waals surface area contributed by atoms with E-state index in [1.807, 2.05) is 37.3 Å². The van der Waals surface area contributed by atoms with E-state index in [1.54, 1.807) is 6.26 Å². The Labute approximate surface area is 167 Å². The molecule has 0 spiro atoms. The number of amides is 1. The van der Waals surface area contributed by atoms with Crippen LogP contribution in [0.3, 0.4) is 0 Å². The Bertz CT molecular complexity index is 842. The topological polar surface area (TPSA) is 98.5 Å². The fraction of sp³-hybridized carbons (Fsp3) is 0.300. The maximum absolute atomic E-state index is 12.1. The molecule has 148 valence electrons. The molecular formula is C20H22N2O5S. The van der Waals surface area contributed by atoms with Gasteiger partial charge in [-0.3, -0.25) is 14.9 Å². The minimum absolute atomic E-state index is 0.0352. The highest BCUT2D eigenvalue weighted by Crippen LogP contribution is 2.28. The van der Waals surface area contributed by atoms with Crippen molar-refractivity contribution in [1.82, 2.24) is 5.32 Å². The number of hydrogen-bond acceptors (Lipinski definition) is 6. The molecule has 0 saturated carbocycles. The zero-order valence-corrected chi connectivity index (χ0v) is 16.5. The normalized spacial score (nSPS) is 11.5. The predicted octanol–water partition coefficient (Wildman–Crippen LogP) is 3.78. The zero-order chi connectivity index (χ0) is 20.5. The Balaban J connectivity index is 1.89. The highest BCUT2D eigenvalue weighted by Gasteiger charge is 2.19. The standard InChI is InChI=1S/C20H22N2O5S/c1-3-14(15-7-5-4-6-8-15)12-21-19(23)13-27-20(24)16-9-10-18(28-2)17(11-16)22(25)26/h4-11,14H,3,12-13H2,1-2H3,(H,21,23)/t14-/m0/s1. The molecule has 7 nitrogen and oxygen atoms in total. The van der Waals surface area contributed by atoms with Gasteiger partial charge in [0.05, 0.1) is 15.4 Å². The highest BCUT2D eigenvalue weighted by atomic mass is 32.2. The third kappa shape index (κ3) is 5.82. The van der Waals surface area contributed by atoms with Crippen LogP contribution in [0.1, 0.15) is 35.2 Å². The van der Waals surface area contributed by atoms with Gasteiger partial charge in [0.1, 0.15) is 0 Å². The number of nitrogens with one attached hydrogen (secondary N) is 1. The van der Waals surface area contributed by atoms with Crippen molar-refractivity contribution in [3.63, 3.8) is 0 Å². The second-order valence-corrected chi connectivity index (χ2v) is 6.89. The van der Waals surface area contributed by atoms with Gasteiger partial charge >= 0.3 is 5.97 Å². The predicted molar refractivity (Wildman–Crippen MR) is 108 cm³/mol. The summed E-state index contributed by atoms with van der Waals surface area (Å²) in [5, 5.41) is 13.9. The van der Waals surface area contributed by atoms with Crippen molar-refractivity contribution in [1.29, 1.82) is 0 Å². The van der Waals surface area contributed by atoms with Crippen LogP contribution in [0.15, 0.2) is 53.4 Å². The molecule has 0 aromatic heterocycles. The molecule has 8 heteroatoms. The Morgan fingerprint density at radius 3 is 2.54 bits per heavy atom. The van der Waals surface area contributed by atoms with Crippen LogP contribution in [-0.4, -0.2) is 36.2 Å². The largest absolute Gasteiger partial charge is 0.452 e. The number of carbonyl (C=O) groups excluding carboxylic acids is 2. The summed E-state index contributed by atoms with van der Waals surface area (Å²) in [5.41, 5.74) is 0.997. The first-order valence-corrected chi connectivity index (χ1v) is 10.00. The zero-order valence-electron chi connectivity index (χ0n) is 15.7. The van der Waals surface area contributed by atoms with Crippen LogP contribution in [0.25, 0.3) is 0 Å². The van der Waals surface area contributed by atoms with Gasteiger partial charge in [0.15, 0.2) is 6.61 Å². The monoisotopic (exact) mass is 402 g/mol. The number of thioether (sulfide) groups is 1. The summed E-state index contributed by atoms with van der Waals surface area (Å²) in [4.78, 5) is 35.1. The summed E-state index contributed by atoms with van der Waals surface area (Å²) in [6, 6.07) is 13.9. The van der Waals surface area contributed by atoms with Crippen LogP contribution >= 0.6 is 11.8 Å². The van der Waals surface area contributed by atoms with Crippen LogP contribution in [-0.2, 0) is 9.53 Å². The van der Waals surface area contributed by atoms with E-state index in [2.05, 4.69) is 5.32 Å². The van der Waals surface area contributed by atoms with Crippen molar-refractivity contribution in [3.8, 4) is 0 Å². The average Bonchev–Trinajstić information content (AvgIpc) is 2.72. The van der Waals surface area contributed by atoms with E-state index in [0.29, 0.717) is 11.4 Å². The Hall–Kier alpha value is -2.87. The summed E-state index contributed by atoms with van der Waals surface area (Å²) in [5.74, 6) is -1.03. The van der Waals surface area contributed by atoms with Gasteiger partial charge in [0, 0.05) is 18.5 Å². The van der Waals surface area contributed by atoms with Crippen molar-refractivity contribution >= 4 is 29.3 Å². The number of esters is 1. The molecule has 0 aliphatic heterocycles. The molecule has 0 bridgehead atoms. The van der Waals surface area contributed by atoms with E-state index in [4.69, 9.17) is 4.74 Å². The number of rotatable bonds is 9. The fourth-order valence-corrected chi connectivity index (χ4v) is 3.23. The van der Waals surface area contributed by atoms with Crippen LogP contribution in [0.5, 0.6) is 0 Å². The SMILES string of the molecule is CC[C@@H](CNC(=O)COC(=O)c1ccc(SC)c([N+](=O)[O-])c1)c1ccccc1. The van der Waals surface area contributed by atoms with Gasteiger partial charge in [-0.25, -0.2) is 4.79 Å². The quantitative estimate of drug-likeness (QED) is 0.297. The molecule has 1 N–H and O–H groups in total. The molecule has 0 aliphatic carbocycles. The van der Waals surface area contributed by atoms with E-state index in [1.165, 1.54) is 23.9 Å². The minimum atomic E-state index is -0.777. The number of carbonyl (C=O) groups is 2. The summed E-state index contributed by atoms with van der Waals surface area (Å²) in [6.45, 7) is 2.03. The summed E-state index contributed by atoms with van der Waals surface area (Å²) in [6.07, 6.45) is 2.57. The summed E-state index contributed by atoms with van der Waals surface area (Å²) < 4.78 is 4.99. The molecule has 0 fully saturated rings. The second kappa shape index (κ2) is 10.5. The van der Waals surface area contributed by atoms with Crippen molar-refractivity contribution in [2.75, 3.05) is 19.4 Å². The Morgan fingerprint density at radius 1 is 1.21 bits per heavy atom. The van der Waals surface area contributed by atoms with Gasteiger partial charge in [-0.2, -0.15) is 0 Å². The van der Waals surface area contributed by atoms with Gasteiger partial charge in [-0.05, 0) is 30.4 Å². The molecule has 2 rings (SSSR count). The first-order valence-electron chi connectivity index (χ1n) is 8.77. The molecule has 0 unspecified atom stereocenters. The third-order valence-electron chi connectivity index (χ3n) is 4.26. The van der Waals surface area contributed by atoms with Crippen molar-refractivity contribution in [3.05, 3.63) is 69.8 Å². The number of nitrogens with zero attached hydrogens (tertiary/aromatic N) is 1. The van der Waals surface area contributed by atoms with Gasteiger partial charge < -0.3 is 10.1 Å². The maximum atomic E-state index is 12.1. The van der Waals surface area contributed by atoms with Gasteiger partial charge in [-0.1, -0.05) is 37.3 Å². The number of benzene rings is 2. The van der Waals surface area contributed by atoms with Crippen LogP contribution in [0, 0.1) is 10.1 Å². The molecule has 1 atom stereocenters. The Morgan fingerprint density at radius 2 is 1.93 bits per heavy atom. The van der Waals surface area contributed by atoms with Crippen molar-refractivity contribution in [2.45, 2.75) is 24.2 Å². The summed E-state index contributed by atoms with van der Waals surface area (Å²) in [7, 11) is 0. The lowest BCUT2D eigenvalue weighted by molar-refractivity contribution is -0.387. The first-order chi connectivity index (χ1) is 13.5.